The Morgan fingerprint density at radius 1 is 1.24 bits per heavy atom. The van der Waals surface area contributed by atoms with Gasteiger partial charge in [0.1, 0.15) is 18.3 Å². The maximum atomic E-state index is 10.8. The number of aryl methyl sites for hydroxylation is 1. The van der Waals surface area contributed by atoms with Crippen LogP contribution in [0.1, 0.15) is 12.5 Å². The highest BCUT2D eigenvalue weighted by molar-refractivity contribution is 5.57. The number of ether oxygens (including phenoxy) is 1. The zero-order valence-electron chi connectivity index (χ0n) is 11.6. The molecule has 1 aliphatic heterocycles. The van der Waals surface area contributed by atoms with Crippen molar-refractivity contribution in [1.82, 2.24) is 0 Å². The Hall–Kier alpha value is -1.74. The van der Waals surface area contributed by atoms with E-state index in [1.165, 1.54) is 12.1 Å². The third-order valence-electron chi connectivity index (χ3n) is 3.58. The average molecular weight is 298 g/mol. The van der Waals surface area contributed by atoms with E-state index < -0.39 is 35.6 Å². The van der Waals surface area contributed by atoms with E-state index in [-0.39, 0.29) is 5.69 Å². The number of hydrogen-bond donors (Lipinski definition) is 4. The Morgan fingerprint density at radius 2 is 1.90 bits per heavy atom. The highest BCUT2D eigenvalue weighted by Gasteiger charge is 2.41. The average Bonchev–Trinajstić information content (AvgIpc) is 2.44. The first-order valence-electron chi connectivity index (χ1n) is 6.52. The maximum Gasteiger partial charge on any atom is 0.271 e. The molecule has 2 rings (SSSR count). The number of aliphatic hydroxyl groups excluding tert-OH is 3. The second kappa shape index (κ2) is 5.94. The van der Waals surface area contributed by atoms with Crippen molar-refractivity contribution in [1.29, 1.82) is 0 Å². The number of anilines is 1. The molecule has 1 fully saturated rings. The van der Waals surface area contributed by atoms with Crippen LogP contribution in [-0.2, 0) is 4.74 Å². The summed E-state index contributed by atoms with van der Waals surface area (Å²) in [6, 6.07) is 4.28. The SMILES string of the molecule is Cc1ccc([N+](=O)[O-])cc1N[C@@H]1O[C@@H](C)[C@@H](O)[C@@H](O)[C@H]1O. The van der Waals surface area contributed by atoms with Gasteiger partial charge >= 0.3 is 0 Å². The van der Waals surface area contributed by atoms with E-state index in [1.807, 2.05) is 0 Å². The predicted octanol–water partition coefficient (Wildman–Crippen LogP) is 0.143. The van der Waals surface area contributed by atoms with Gasteiger partial charge < -0.3 is 25.4 Å². The van der Waals surface area contributed by atoms with E-state index in [1.54, 1.807) is 19.9 Å². The molecule has 21 heavy (non-hydrogen) atoms. The number of nitrogens with zero attached hydrogens (tertiary/aromatic N) is 1. The summed E-state index contributed by atoms with van der Waals surface area (Å²) in [7, 11) is 0. The smallest absolute Gasteiger partial charge is 0.271 e. The van der Waals surface area contributed by atoms with Crippen LogP contribution in [0.4, 0.5) is 11.4 Å². The molecule has 1 saturated heterocycles. The fourth-order valence-corrected chi connectivity index (χ4v) is 2.20. The molecule has 1 aliphatic rings. The molecule has 0 saturated carbocycles. The summed E-state index contributed by atoms with van der Waals surface area (Å²) >= 11 is 0. The van der Waals surface area contributed by atoms with Crippen LogP contribution in [0.15, 0.2) is 18.2 Å². The van der Waals surface area contributed by atoms with Gasteiger partial charge in [0.25, 0.3) is 5.69 Å². The van der Waals surface area contributed by atoms with Crippen molar-refractivity contribution in [2.45, 2.75) is 44.5 Å². The molecule has 116 valence electrons. The summed E-state index contributed by atoms with van der Waals surface area (Å²) < 4.78 is 5.40. The number of aliphatic hydroxyl groups is 3. The molecule has 0 aliphatic carbocycles. The van der Waals surface area contributed by atoms with E-state index in [9.17, 15) is 25.4 Å². The molecule has 0 spiro atoms. The van der Waals surface area contributed by atoms with E-state index in [4.69, 9.17) is 4.74 Å². The maximum absolute atomic E-state index is 10.8. The van der Waals surface area contributed by atoms with E-state index in [0.717, 1.165) is 5.56 Å². The highest BCUT2D eigenvalue weighted by Crippen LogP contribution is 2.26. The van der Waals surface area contributed by atoms with Crippen molar-refractivity contribution in [3.05, 3.63) is 33.9 Å². The first kappa shape index (κ1) is 15.6. The molecular formula is C13H18N2O6. The molecule has 4 N–H and O–H groups in total. The molecule has 0 radical (unpaired) electrons. The normalized spacial score (nSPS) is 32.7. The molecule has 0 bridgehead atoms. The second-order valence-electron chi connectivity index (χ2n) is 5.13. The zero-order valence-corrected chi connectivity index (χ0v) is 11.6. The number of hydrogen-bond acceptors (Lipinski definition) is 7. The van der Waals surface area contributed by atoms with E-state index in [2.05, 4.69) is 5.32 Å². The number of benzene rings is 1. The van der Waals surface area contributed by atoms with Crippen molar-refractivity contribution in [3.63, 3.8) is 0 Å². The van der Waals surface area contributed by atoms with Gasteiger partial charge in [-0.25, -0.2) is 0 Å². The Morgan fingerprint density at radius 3 is 2.52 bits per heavy atom. The van der Waals surface area contributed by atoms with Crippen molar-refractivity contribution in [3.8, 4) is 0 Å². The van der Waals surface area contributed by atoms with E-state index >= 15 is 0 Å². The monoisotopic (exact) mass is 298 g/mol. The number of nitro benzene ring substituents is 1. The number of nitro groups is 1. The van der Waals surface area contributed by atoms with Crippen molar-refractivity contribution < 1.29 is 25.0 Å². The standard InChI is InChI=1S/C13H18N2O6/c1-6-3-4-8(15(19)20)5-9(6)14-13-12(18)11(17)10(16)7(2)21-13/h3-5,7,10-14,16-18H,1-2H3/t7-,10+,11+,12+,13+/m0/s1. The largest absolute Gasteiger partial charge is 0.388 e. The summed E-state index contributed by atoms with van der Waals surface area (Å²) in [5.41, 5.74) is 1.05. The lowest BCUT2D eigenvalue weighted by molar-refractivity contribution is -0.384. The summed E-state index contributed by atoms with van der Waals surface area (Å²) in [5, 5.41) is 42.9. The third kappa shape index (κ3) is 3.13. The fraction of sp³-hybridized carbons (Fsp3) is 0.538. The second-order valence-corrected chi connectivity index (χ2v) is 5.13. The molecule has 1 heterocycles. The molecule has 1 aromatic rings. The van der Waals surface area contributed by atoms with Crippen molar-refractivity contribution in [2.75, 3.05) is 5.32 Å². The number of nitrogens with one attached hydrogen (secondary N) is 1. The Balaban J connectivity index is 2.21. The molecule has 0 amide bonds. The first-order chi connectivity index (χ1) is 9.81. The van der Waals surface area contributed by atoms with Gasteiger partial charge in [0.2, 0.25) is 0 Å². The van der Waals surface area contributed by atoms with Gasteiger partial charge in [0.05, 0.1) is 11.0 Å². The Bertz CT molecular complexity index is 537. The first-order valence-corrected chi connectivity index (χ1v) is 6.52. The van der Waals surface area contributed by atoms with Crippen LogP contribution in [-0.4, -0.2) is 50.9 Å². The Kier molecular flexibility index (Phi) is 4.43. The summed E-state index contributed by atoms with van der Waals surface area (Å²) in [5.74, 6) is 0. The van der Waals surface area contributed by atoms with Gasteiger partial charge in [-0.05, 0) is 19.4 Å². The lowest BCUT2D eigenvalue weighted by atomic mass is 9.99. The van der Waals surface area contributed by atoms with Crippen LogP contribution in [0, 0.1) is 17.0 Å². The van der Waals surface area contributed by atoms with Crippen LogP contribution < -0.4 is 5.32 Å². The van der Waals surface area contributed by atoms with Crippen molar-refractivity contribution >= 4 is 11.4 Å². The van der Waals surface area contributed by atoms with Crippen LogP contribution >= 0.6 is 0 Å². The van der Waals surface area contributed by atoms with Crippen molar-refractivity contribution in [2.24, 2.45) is 0 Å². The van der Waals surface area contributed by atoms with Gasteiger partial charge in [0, 0.05) is 17.8 Å². The minimum Gasteiger partial charge on any atom is -0.388 e. The molecular weight excluding hydrogens is 280 g/mol. The molecule has 0 unspecified atom stereocenters. The van der Waals surface area contributed by atoms with Crippen LogP contribution in [0.3, 0.4) is 0 Å². The predicted molar refractivity (Wildman–Crippen MR) is 73.8 cm³/mol. The lowest BCUT2D eigenvalue weighted by Gasteiger charge is -2.40. The van der Waals surface area contributed by atoms with Crippen LogP contribution in [0.5, 0.6) is 0 Å². The summed E-state index contributed by atoms with van der Waals surface area (Å²) in [6.07, 6.45) is -5.55. The highest BCUT2D eigenvalue weighted by atomic mass is 16.6. The van der Waals surface area contributed by atoms with Gasteiger partial charge in [-0.15, -0.1) is 0 Å². The fourth-order valence-electron chi connectivity index (χ4n) is 2.20. The molecule has 1 aromatic carbocycles. The van der Waals surface area contributed by atoms with Gasteiger partial charge in [-0.2, -0.15) is 0 Å². The Labute approximate surface area is 121 Å². The van der Waals surface area contributed by atoms with Gasteiger partial charge in [-0.1, -0.05) is 6.07 Å². The van der Waals surface area contributed by atoms with Gasteiger partial charge in [0.15, 0.2) is 6.23 Å². The third-order valence-corrected chi connectivity index (χ3v) is 3.58. The topological polar surface area (TPSA) is 125 Å². The summed E-state index contributed by atoms with van der Waals surface area (Å²) in [6.45, 7) is 3.31. The number of rotatable bonds is 3. The quantitative estimate of drug-likeness (QED) is 0.462. The number of non-ortho nitro benzene ring substituents is 1. The summed E-state index contributed by atoms with van der Waals surface area (Å²) in [4.78, 5) is 10.3. The van der Waals surface area contributed by atoms with Crippen LogP contribution in [0.2, 0.25) is 0 Å². The molecule has 0 aromatic heterocycles. The molecule has 8 nitrogen and oxygen atoms in total. The molecule has 8 heteroatoms. The van der Waals surface area contributed by atoms with Gasteiger partial charge in [-0.3, -0.25) is 10.1 Å². The zero-order chi connectivity index (χ0) is 15.7. The minimum absolute atomic E-state index is 0.0953. The lowest BCUT2D eigenvalue weighted by Crippen LogP contribution is -2.58. The molecule has 5 atom stereocenters. The minimum atomic E-state index is -1.36. The van der Waals surface area contributed by atoms with E-state index in [0.29, 0.717) is 5.69 Å². The van der Waals surface area contributed by atoms with Crippen LogP contribution in [0.25, 0.3) is 0 Å².